The number of nitrogens with zero attached hydrogens (tertiary/aromatic N) is 2. The zero-order valence-corrected chi connectivity index (χ0v) is 18.5. The second-order valence-electron chi connectivity index (χ2n) is 9.09. The molecule has 6 nitrogen and oxygen atoms in total. The molecule has 30 heavy (non-hydrogen) atoms. The molecule has 164 valence electrons. The molecule has 3 aliphatic rings. The van der Waals surface area contributed by atoms with Crippen LogP contribution in [0.2, 0.25) is 0 Å². The van der Waals surface area contributed by atoms with Gasteiger partial charge in [0.2, 0.25) is 11.8 Å². The van der Waals surface area contributed by atoms with Gasteiger partial charge in [0.15, 0.2) is 0 Å². The summed E-state index contributed by atoms with van der Waals surface area (Å²) in [4.78, 5) is 42.6. The van der Waals surface area contributed by atoms with E-state index >= 15 is 0 Å². The first-order chi connectivity index (χ1) is 14.6. The van der Waals surface area contributed by atoms with Crippen molar-refractivity contribution >= 4 is 29.1 Å². The van der Waals surface area contributed by atoms with E-state index in [1.807, 2.05) is 27.3 Å². The highest BCUT2D eigenvalue weighted by Crippen LogP contribution is 2.28. The summed E-state index contributed by atoms with van der Waals surface area (Å²) in [6.45, 7) is 2.65. The fourth-order valence-electron chi connectivity index (χ4n) is 5.18. The van der Waals surface area contributed by atoms with Gasteiger partial charge in [0.25, 0.3) is 5.91 Å². The molecule has 1 N–H and O–H groups in total. The van der Waals surface area contributed by atoms with Crippen molar-refractivity contribution in [2.45, 2.75) is 63.8 Å². The van der Waals surface area contributed by atoms with Crippen LogP contribution in [-0.4, -0.2) is 59.7 Å². The van der Waals surface area contributed by atoms with E-state index < -0.39 is 0 Å². The van der Waals surface area contributed by atoms with E-state index in [1.54, 1.807) is 0 Å². The summed E-state index contributed by atoms with van der Waals surface area (Å²) >= 11 is 1.46. The lowest BCUT2D eigenvalue weighted by Crippen LogP contribution is -2.51. The highest BCUT2D eigenvalue weighted by Gasteiger charge is 2.33. The Morgan fingerprint density at radius 3 is 2.43 bits per heavy atom. The maximum atomic E-state index is 13.1. The van der Waals surface area contributed by atoms with Crippen LogP contribution >= 0.6 is 11.3 Å². The number of amides is 3. The number of rotatable bonds is 5. The first-order valence-corrected chi connectivity index (χ1v) is 12.4. The van der Waals surface area contributed by atoms with Crippen molar-refractivity contribution < 1.29 is 14.4 Å². The fraction of sp³-hybridized carbons (Fsp3) is 0.696. The van der Waals surface area contributed by atoms with Crippen LogP contribution in [0.15, 0.2) is 17.5 Å². The Kier molecular flexibility index (Phi) is 7.08. The molecule has 4 rings (SSSR count). The van der Waals surface area contributed by atoms with E-state index in [2.05, 4.69) is 5.32 Å². The number of carbonyl (C=O) groups excluding carboxylic acids is 3. The Morgan fingerprint density at radius 2 is 1.73 bits per heavy atom. The Labute approximate surface area is 183 Å². The number of hydrogen-bond donors (Lipinski definition) is 1. The van der Waals surface area contributed by atoms with Gasteiger partial charge in [-0.2, -0.15) is 0 Å². The van der Waals surface area contributed by atoms with Crippen LogP contribution in [0.5, 0.6) is 0 Å². The molecule has 1 unspecified atom stereocenters. The monoisotopic (exact) mass is 431 g/mol. The average molecular weight is 432 g/mol. The molecule has 0 radical (unpaired) electrons. The highest BCUT2D eigenvalue weighted by atomic mass is 32.1. The molecule has 7 heteroatoms. The van der Waals surface area contributed by atoms with Crippen molar-refractivity contribution in [1.29, 1.82) is 0 Å². The Balaban J connectivity index is 1.22. The number of nitrogens with one attached hydrogen (secondary N) is 1. The summed E-state index contributed by atoms with van der Waals surface area (Å²) in [6, 6.07) is 3.93. The largest absolute Gasteiger partial charge is 0.353 e. The smallest absolute Gasteiger partial charge is 0.263 e. The molecule has 1 saturated carbocycles. The third kappa shape index (κ3) is 5.23. The van der Waals surface area contributed by atoms with Gasteiger partial charge >= 0.3 is 0 Å². The summed E-state index contributed by atoms with van der Waals surface area (Å²) in [5.74, 6) is 0.872. The van der Waals surface area contributed by atoms with E-state index in [0.717, 1.165) is 37.1 Å². The van der Waals surface area contributed by atoms with Crippen molar-refractivity contribution in [3.8, 4) is 0 Å². The molecular weight excluding hydrogens is 398 g/mol. The third-order valence-corrected chi connectivity index (χ3v) is 7.77. The quantitative estimate of drug-likeness (QED) is 0.778. The van der Waals surface area contributed by atoms with Gasteiger partial charge in [0.05, 0.1) is 10.8 Å². The molecule has 0 aromatic carbocycles. The van der Waals surface area contributed by atoms with Crippen molar-refractivity contribution in [2.75, 3.05) is 26.2 Å². The predicted molar refractivity (Wildman–Crippen MR) is 117 cm³/mol. The van der Waals surface area contributed by atoms with Crippen LogP contribution in [0.25, 0.3) is 0 Å². The average Bonchev–Trinajstić information content (AvgIpc) is 3.48. The summed E-state index contributed by atoms with van der Waals surface area (Å²) < 4.78 is 0. The van der Waals surface area contributed by atoms with Gasteiger partial charge in [-0.05, 0) is 55.9 Å². The van der Waals surface area contributed by atoms with Crippen LogP contribution in [0.1, 0.15) is 67.5 Å². The number of thiophene rings is 1. The number of hydrogen-bond acceptors (Lipinski definition) is 4. The fourth-order valence-corrected chi connectivity index (χ4v) is 5.88. The predicted octanol–water partition coefficient (Wildman–Crippen LogP) is 3.29. The Hall–Kier alpha value is -1.89. The summed E-state index contributed by atoms with van der Waals surface area (Å²) in [7, 11) is 0. The second kappa shape index (κ2) is 9.94. The third-order valence-electron chi connectivity index (χ3n) is 6.91. The van der Waals surface area contributed by atoms with Crippen molar-refractivity contribution in [2.24, 2.45) is 11.8 Å². The summed E-state index contributed by atoms with van der Waals surface area (Å²) in [5.41, 5.74) is 0. The molecule has 3 amide bonds. The van der Waals surface area contributed by atoms with Gasteiger partial charge in [-0.15, -0.1) is 11.3 Å². The number of piperidine rings is 2. The highest BCUT2D eigenvalue weighted by molar-refractivity contribution is 7.12. The lowest BCUT2D eigenvalue weighted by molar-refractivity contribution is -0.138. The minimum atomic E-state index is -0.101. The molecule has 2 aliphatic heterocycles. The van der Waals surface area contributed by atoms with Crippen molar-refractivity contribution in [3.63, 3.8) is 0 Å². The molecule has 0 spiro atoms. The normalized spacial score (nSPS) is 23.5. The van der Waals surface area contributed by atoms with Crippen molar-refractivity contribution in [3.05, 3.63) is 22.4 Å². The van der Waals surface area contributed by atoms with Crippen LogP contribution < -0.4 is 5.32 Å². The minimum Gasteiger partial charge on any atom is -0.353 e. The molecule has 1 atom stereocenters. The van der Waals surface area contributed by atoms with Crippen LogP contribution in [0.3, 0.4) is 0 Å². The molecule has 1 aromatic heterocycles. The van der Waals surface area contributed by atoms with E-state index in [-0.39, 0.29) is 29.7 Å². The van der Waals surface area contributed by atoms with Gasteiger partial charge in [-0.3, -0.25) is 14.4 Å². The maximum absolute atomic E-state index is 13.1. The standard InChI is InChI=1S/C23H33N3O3S/c27-21(15-17-5-1-2-6-17)24-19-9-12-25(13-10-19)22(28)18-7-3-11-26(16-18)23(29)20-8-4-14-30-20/h4,8,14,17-19H,1-3,5-7,9-13,15-16H2,(H,24,27). The minimum absolute atomic E-state index is 0.0474. The van der Waals surface area contributed by atoms with Gasteiger partial charge in [-0.25, -0.2) is 0 Å². The van der Waals surface area contributed by atoms with Gasteiger partial charge in [0.1, 0.15) is 0 Å². The SMILES string of the molecule is O=C(CC1CCCC1)NC1CCN(C(=O)C2CCCN(C(=O)c3cccs3)C2)CC1. The van der Waals surface area contributed by atoms with Gasteiger partial charge in [-0.1, -0.05) is 18.9 Å². The maximum Gasteiger partial charge on any atom is 0.263 e. The van der Waals surface area contributed by atoms with Gasteiger partial charge in [0, 0.05) is 38.6 Å². The van der Waals surface area contributed by atoms with E-state index in [1.165, 1.54) is 37.0 Å². The van der Waals surface area contributed by atoms with E-state index in [4.69, 9.17) is 0 Å². The molecule has 1 aliphatic carbocycles. The first kappa shape index (κ1) is 21.3. The molecule has 2 saturated heterocycles. The lowest BCUT2D eigenvalue weighted by atomic mass is 9.94. The van der Waals surface area contributed by atoms with Gasteiger partial charge < -0.3 is 15.1 Å². The zero-order chi connectivity index (χ0) is 20.9. The lowest BCUT2D eigenvalue weighted by Gasteiger charge is -2.38. The zero-order valence-electron chi connectivity index (χ0n) is 17.7. The molecule has 3 fully saturated rings. The second-order valence-corrected chi connectivity index (χ2v) is 10.0. The summed E-state index contributed by atoms with van der Waals surface area (Å²) in [5, 5.41) is 5.11. The van der Waals surface area contributed by atoms with Crippen LogP contribution in [-0.2, 0) is 9.59 Å². The summed E-state index contributed by atoms with van der Waals surface area (Å²) in [6.07, 6.45) is 8.94. The molecule has 1 aromatic rings. The molecule has 3 heterocycles. The van der Waals surface area contributed by atoms with Crippen LogP contribution in [0.4, 0.5) is 0 Å². The number of carbonyl (C=O) groups is 3. The van der Waals surface area contributed by atoms with Crippen molar-refractivity contribution in [1.82, 2.24) is 15.1 Å². The first-order valence-electron chi connectivity index (χ1n) is 11.5. The topological polar surface area (TPSA) is 69.7 Å². The molecule has 0 bridgehead atoms. The molecular formula is C23H33N3O3S. The Morgan fingerprint density at radius 1 is 0.967 bits per heavy atom. The number of likely N-dealkylation sites (tertiary alicyclic amines) is 2. The van der Waals surface area contributed by atoms with E-state index in [0.29, 0.717) is 32.0 Å². The van der Waals surface area contributed by atoms with Crippen LogP contribution in [0, 0.1) is 11.8 Å². The Bertz CT molecular complexity index is 737. The van der Waals surface area contributed by atoms with E-state index in [9.17, 15) is 14.4 Å².